The second-order valence-electron chi connectivity index (χ2n) is 6.16. The molecule has 0 amide bonds. The maximum absolute atomic E-state index is 9.09. The van der Waals surface area contributed by atoms with E-state index < -0.39 is 0 Å². The Labute approximate surface area is 140 Å². The largest absolute Gasteiger partial charge is 0.491 e. The predicted molar refractivity (Wildman–Crippen MR) is 96.6 cm³/mol. The molecule has 1 atom stereocenters. The van der Waals surface area contributed by atoms with Crippen LogP contribution in [-0.4, -0.2) is 11.2 Å². The first-order valence-electron chi connectivity index (χ1n) is 8.70. The lowest BCUT2D eigenvalue weighted by molar-refractivity contribution is 0.206. The molecule has 0 fully saturated rings. The number of unbranched alkanes of at least 4 members (excludes halogenated alkanes) is 3. The molecular weight excluding hydrogens is 284 g/mol. The molecule has 0 aliphatic rings. The zero-order valence-corrected chi connectivity index (χ0v) is 14.3. The standard InChI is InChI=1S/C21H28O2/c1-3-4-5-6-7-17(2)23-21-14-12-20(13-15-21)19-10-8-18(16-22)9-11-19/h8-15,17,22H,3-7,16H2,1-2H3. The third-order valence-electron chi connectivity index (χ3n) is 4.13. The summed E-state index contributed by atoms with van der Waals surface area (Å²) in [6, 6.07) is 16.3. The van der Waals surface area contributed by atoms with Gasteiger partial charge < -0.3 is 9.84 Å². The first-order valence-corrected chi connectivity index (χ1v) is 8.70. The third kappa shape index (κ3) is 5.72. The van der Waals surface area contributed by atoms with Crippen LogP contribution in [0, 0.1) is 0 Å². The lowest BCUT2D eigenvalue weighted by Gasteiger charge is -2.15. The van der Waals surface area contributed by atoms with Gasteiger partial charge in [0.2, 0.25) is 0 Å². The van der Waals surface area contributed by atoms with E-state index in [0.29, 0.717) is 0 Å². The quantitative estimate of drug-likeness (QED) is 0.612. The molecule has 2 aromatic rings. The van der Waals surface area contributed by atoms with E-state index in [1.807, 2.05) is 36.4 Å². The van der Waals surface area contributed by atoms with Gasteiger partial charge in [-0.15, -0.1) is 0 Å². The summed E-state index contributed by atoms with van der Waals surface area (Å²) < 4.78 is 5.99. The summed E-state index contributed by atoms with van der Waals surface area (Å²) in [5, 5.41) is 9.09. The van der Waals surface area contributed by atoms with Gasteiger partial charge in [0, 0.05) is 0 Å². The summed E-state index contributed by atoms with van der Waals surface area (Å²) in [5.74, 6) is 0.934. The van der Waals surface area contributed by atoms with Crippen molar-refractivity contribution in [1.82, 2.24) is 0 Å². The summed E-state index contributed by atoms with van der Waals surface area (Å²) in [6.07, 6.45) is 6.51. The Morgan fingerprint density at radius 3 is 2.04 bits per heavy atom. The maximum Gasteiger partial charge on any atom is 0.119 e. The van der Waals surface area contributed by atoms with Crippen LogP contribution in [0.5, 0.6) is 5.75 Å². The Bertz CT molecular complexity index is 557. The van der Waals surface area contributed by atoms with Crippen LogP contribution in [0.1, 0.15) is 51.5 Å². The Morgan fingerprint density at radius 1 is 0.870 bits per heavy atom. The van der Waals surface area contributed by atoms with Crippen LogP contribution >= 0.6 is 0 Å². The molecule has 0 saturated heterocycles. The van der Waals surface area contributed by atoms with Crippen LogP contribution in [0.25, 0.3) is 11.1 Å². The number of hydrogen-bond acceptors (Lipinski definition) is 2. The van der Waals surface area contributed by atoms with Gasteiger partial charge in [-0.25, -0.2) is 0 Å². The molecule has 0 bridgehead atoms. The average Bonchev–Trinajstić information content (AvgIpc) is 2.59. The van der Waals surface area contributed by atoms with E-state index in [-0.39, 0.29) is 12.7 Å². The zero-order chi connectivity index (χ0) is 16.5. The summed E-state index contributed by atoms with van der Waals surface area (Å²) in [7, 11) is 0. The predicted octanol–water partition coefficient (Wildman–Crippen LogP) is 5.58. The molecule has 0 aliphatic heterocycles. The second kappa shape index (κ2) is 9.36. The van der Waals surface area contributed by atoms with Crippen molar-refractivity contribution in [2.45, 2.75) is 58.7 Å². The Kier molecular flexibility index (Phi) is 7.15. The summed E-state index contributed by atoms with van der Waals surface area (Å²) in [5.41, 5.74) is 3.25. The van der Waals surface area contributed by atoms with Crippen molar-refractivity contribution in [3.05, 3.63) is 54.1 Å². The van der Waals surface area contributed by atoms with Gasteiger partial charge in [0.1, 0.15) is 5.75 Å². The first kappa shape index (κ1) is 17.6. The maximum atomic E-state index is 9.09. The van der Waals surface area contributed by atoms with E-state index >= 15 is 0 Å². The van der Waals surface area contributed by atoms with Gasteiger partial charge >= 0.3 is 0 Å². The smallest absolute Gasteiger partial charge is 0.119 e. The highest BCUT2D eigenvalue weighted by molar-refractivity contribution is 5.64. The van der Waals surface area contributed by atoms with Gasteiger partial charge in [0.05, 0.1) is 12.7 Å². The Hall–Kier alpha value is -1.80. The molecule has 1 unspecified atom stereocenters. The van der Waals surface area contributed by atoms with E-state index in [2.05, 4.69) is 26.0 Å². The topological polar surface area (TPSA) is 29.5 Å². The number of benzene rings is 2. The minimum atomic E-state index is 0.0865. The zero-order valence-electron chi connectivity index (χ0n) is 14.3. The van der Waals surface area contributed by atoms with Crippen molar-refractivity contribution in [3.8, 4) is 16.9 Å². The molecule has 2 heteroatoms. The summed E-state index contributed by atoms with van der Waals surface area (Å²) in [6.45, 7) is 4.47. The van der Waals surface area contributed by atoms with Crippen molar-refractivity contribution < 1.29 is 9.84 Å². The molecule has 23 heavy (non-hydrogen) atoms. The van der Waals surface area contributed by atoms with Gasteiger partial charge in [0.15, 0.2) is 0 Å². The molecule has 0 aromatic heterocycles. The molecular formula is C21H28O2. The molecule has 0 aliphatic carbocycles. The van der Waals surface area contributed by atoms with E-state index in [0.717, 1.165) is 28.9 Å². The first-order chi connectivity index (χ1) is 11.2. The van der Waals surface area contributed by atoms with E-state index in [9.17, 15) is 0 Å². The number of hydrogen-bond donors (Lipinski definition) is 1. The van der Waals surface area contributed by atoms with Crippen LogP contribution in [-0.2, 0) is 6.61 Å². The van der Waals surface area contributed by atoms with Crippen molar-refractivity contribution in [1.29, 1.82) is 0 Å². The highest BCUT2D eigenvalue weighted by Gasteiger charge is 2.05. The molecule has 0 saturated carbocycles. The van der Waals surface area contributed by atoms with Crippen molar-refractivity contribution in [2.75, 3.05) is 0 Å². The number of ether oxygens (including phenoxy) is 1. The van der Waals surface area contributed by atoms with Gasteiger partial charge in [-0.3, -0.25) is 0 Å². The number of aliphatic hydroxyl groups is 1. The normalized spacial score (nSPS) is 12.1. The lowest BCUT2D eigenvalue weighted by Crippen LogP contribution is -2.11. The van der Waals surface area contributed by atoms with Gasteiger partial charge in [0.25, 0.3) is 0 Å². The minimum absolute atomic E-state index is 0.0865. The minimum Gasteiger partial charge on any atom is -0.491 e. The number of aliphatic hydroxyl groups excluding tert-OH is 1. The average molecular weight is 312 g/mol. The molecule has 2 aromatic carbocycles. The fraction of sp³-hybridized carbons (Fsp3) is 0.429. The van der Waals surface area contributed by atoms with Crippen LogP contribution < -0.4 is 4.74 Å². The SMILES string of the molecule is CCCCCCC(C)Oc1ccc(-c2ccc(CO)cc2)cc1. The highest BCUT2D eigenvalue weighted by atomic mass is 16.5. The van der Waals surface area contributed by atoms with Crippen LogP contribution in [0.3, 0.4) is 0 Å². The van der Waals surface area contributed by atoms with Gasteiger partial charge in [-0.1, -0.05) is 62.6 Å². The van der Waals surface area contributed by atoms with Crippen LogP contribution in [0.15, 0.2) is 48.5 Å². The third-order valence-corrected chi connectivity index (χ3v) is 4.13. The fourth-order valence-corrected chi connectivity index (χ4v) is 2.68. The van der Waals surface area contributed by atoms with Crippen molar-refractivity contribution >= 4 is 0 Å². The summed E-state index contributed by atoms with van der Waals surface area (Å²) >= 11 is 0. The molecule has 0 heterocycles. The number of rotatable bonds is 9. The molecule has 0 spiro atoms. The van der Waals surface area contributed by atoms with Crippen molar-refractivity contribution in [3.63, 3.8) is 0 Å². The monoisotopic (exact) mass is 312 g/mol. The molecule has 124 valence electrons. The van der Waals surface area contributed by atoms with Crippen LogP contribution in [0.2, 0.25) is 0 Å². The lowest BCUT2D eigenvalue weighted by atomic mass is 10.0. The van der Waals surface area contributed by atoms with E-state index in [1.54, 1.807) is 0 Å². The molecule has 2 nitrogen and oxygen atoms in total. The Balaban J connectivity index is 1.88. The summed E-state index contributed by atoms with van der Waals surface area (Å²) in [4.78, 5) is 0. The van der Waals surface area contributed by atoms with E-state index in [4.69, 9.17) is 9.84 Å². The Morgan fingerprint density at radius 2 is 1.48 bits per heavy atom. The van der Waals surface area contributed by atoms with Crippen LogP contribution in [0.4, 0.5) is 0 Å². The fourth-order valence-electron chi connectivity index (χ4n) is 2.68. The van der Waals surface area contributed by atoms with Gasteiger partial charge in [-0.05, 0) is 48.6 Å². The van der Waals surface area contributed by atoms with E-state index in [1.165, 1.54) is 25.7 Å². The second-order valence-corrected chi connectivity index (χ2v) is 6.16. The molecule has 0 radical (unpaired) electrons. The highest BCUT2D eigenvalue weighted by Crippen LogP contribution is 2.24. The van der Waals surface area contributed by atoms with Gasteiger partial charge in [-0.2, -0.15) is 0 Å². The molecule has 2 rings (SSSR count). The van der Waals surface area contributed by atoms with Crippen molar-refractivity contribution in [2.24, 2.45) is 0 Å². The molecule has 1 N–H and O–H groups in total.